The number of para-hydroxylation sites is 1. The predicted molar refractivity (Wildman–Crippen MR) is 123 cm³/mol. The third-order valence-corrected chi connectivity index (χ3v) is 7.10. The van der Waals surface area contributed by atoms with E-state index >= 15 is 0 Å². The molecule has 4 rings (SSSR count). The van der Waals surface area contributed by atoms with Crippen LogP contribution in [0.5, 0.6) is 0 Å². The summed E-state index contributed by atoms with van der Waals surface area (Å²) in [5.74, 6) is 0. The summed E-state index contributed by atoms with van der Waals surface area (Å²) in [6.07, 6.45) is 1.50. The van der Waals surface area contributed by atoms with Gasteiger partial charge in [-0.25, -0.2) is 9.59 Å². The lowest BCUT2D eigenvalue weighted by Crippen LogP contribution is -2.42. The number of rotatable bonds is 2. The van der Waals surface area contributed by atoms with Crippen molar-refractivity contribution in [2.45, 2.75) is 25.8 Å². The van der Waals surface area contributed by atoms with E-state index < -0.39 is 0 Å². The number of imidazole rings is 1. The Bertz CT molecular complexity index is 1100. The minimum absolute atomic E-state index is 0.0835. The van der Waals surface area contributed by atoms with Gasteiger partial charge in [0.05, 0.1) is 11.0 Å². The summed E-state index contributed by atoms with van der Waals surface area (Å²) in [5.41, 5.74) is 3.57. The summed E-state index contributed by atoms with van der Waals surface area (Å²) in [4.78, 5) is 29.9. The molecule has 2 aromatic carbocycles. The summed E-state index contributed by atoms with van der Waals surface area (Å²) in [6.45, 7) is 3.26. The molecule has 6 nitrogen and oxygen atoms in total. The molecule has 2 heterocycles. The minimum Gasteiger partial charge on any atom is -0.324 e. The first-order chi connectivity index (χ1) is 13.4. The number of carbonyl (C=O) groups excluding carboxylic acids is 1. The van der Waals surface area contributed by atoms with Gasteiger partial charge in [-0.3, -0.25) is 4.57 Å². The highest BCUT2D eigenvalue weighted by atomic mass is 127. The topological polar surface area (TPSA) is 70.1 Å². The largest absolute Gasteiger partial charge is 0.326 e. The third-order valence-electron chi connectivity index (χ3n) is 5.23. The molecule has 3 aromatic rings. The van der Waals surface area contributed by atoms with Crippen molar-refractivity contribution in [1.29, 1.82) is 0 Å². The van der Waals surface area contributed by atoms with E-state index in [0.717, 1.165) is 39.6 Å². The van der Waals surface area contributed by atoms with Gasteiger partial charge in [-0.2, -0.15) is 0 Å². The number of aromatic nitrogens is 2. The van der Waals surface area contributed by atoms with Crippen LogP contribution in [-0.2, 0) is 0 Å². The number of halogens is 2. The molecule has 0 radical (unpaired) electrons. The van der Waals surface area contributed by atoms with E-state index in [0.29, 0.717) is 13.1 Å². The van der Waals surface area contributed by atoms with Crippen molar-refractivity contribution in [3.63, 3.8) is 0 Å². The second-order valence-electron chi connectivity index (χ2n) is 7.05. The summed E-state index contributed by atoms with van der Waals surface area (Å²) < 4.78 is 3.88. The SMILES string of the molecule is Cc1cc(NC(=O)N2CCC(n3c(=O)[nH]c4c(Br)cccc43)CC2)ccc1I. The molecule has 0 saturated carbocycles. The number of anilines is 1. The fourth-order valence-corrected chi connectivity index (χ4v) is 4.52. The van der Waals surface area contributed by atoms with Gasteiger partial charge in [0.1, 0.15) is 0 Å². The van der Waals surface area contributed by atoms with Crippen molar-refractivity contribution in [2.24, 2.45) is 0 Å². The lowest BCUT2D eigenvalue weighted by atomic mass is 10.0. The molecule has 0 aliphatic carbocycles. The van der Waals surface area contributed by atoms with Crippen molar-refractivity contribution in [1.82, 2.24) is 14.5 Å². The normalized spacial score (nSPS) is 15.2. The van der Waals surface area contributed by atoms with Crippen LogP contribution in [0.2, 0.25) is 0 Å². The summed E-state index contributed by atoms with van der Waals surface area (Å²) in [7, 11) is 0. The van der Waals surface area contributed by atoms with Crippen LogP contribution in [0.4, 0.5) is 10.5 Å². The zero-order valence-corrected chi connectivity index (χ0v) is 19.1. The molecular weight excluding hydrogens is 535 g/mol. The number of likely N-dealkylation sites (tertiary alicyclic amines) is 1. The Morgan fingerprint density at radius 1 is 1.25 bits per heavy atom. The Kier molecular flexibility index (Phi) is 5.50. The van der Waals surface area contributed by atoms with E-state index in [1.54, 1.807) is 0 Å². The zero-order chi connectivity index (χ0) is 19.8. The molecule has 1 aliphatic heterocycles. The number of amides is 2. The van der Waals surface area contributed by atoms with Crippen LogP contribution in [0.3, 0.4) is 0 Å². The number of piperidine rings is 1. The van der Waals surface area contributed by atoms with Crippen LogP contribution < -0.4 is 11.0 Å². The molecule has 0 spiro atoms. The van der Waals surface area contributed by atoms with Crippen LogP contribution >= 0.6 is 38.5 Å². The lowest BCUT2D eigenvalue weighted by molar-refractivity contribution is 0.184. The highest BCUT2D eigenvalue weighted by Crippen LogP contribution is 2.28. The Balaban J connectivity index is 1.45. The quantitative estimate of drug-likeness (QED) is 0.443. The summed E-state index contributed by atoms with van der Waals surface area (Å²) in [6, 6.07) is 11.7. The first kappa shape index (κ1) is 19.5. The number of fused-ring (bicyclic) bond motifs is 1. The molecule has 2 N–H and O–H groups in total. The van der Waals surface area contributed by atoms with E-state index in [2.05, 4.69) is 48.8 Å². The van der Waals surface area contributed by atoms with Crippen molar-refractivity contribution >= 4 is 61.3 Å². The number of H-pyrrole nitrogens is 1. The number of aryl methyl sites for hydroxylation is 1. The van der Waals surface area contributed by atoms with Crippen LogP contribution in [0.1, 0.15) is 24.4 Å². The Labute approximate surface area is 184 Å². The molecule has 0 atom stereocenters. The average molecular weight is 555 g/mol. The molecule has 146 valence electrons. The maximum atomic E-state index is 12.6. The van der Waals surface area contributed by atoms with Gasteiger partial charge in [0, 0.05) is 32.9 Å². The van der Waals surface area contributed by atoms with Crippen LogP contribution in [0.15, 0.2) is 45.7 Å². The van der Waals surface area contributed by atoms with Crippen molar-refractivity contribution in [3.8, 4) is 0 Å². The van der Waals surface area contributed by atoms with Gasteiger partial charge >= 0.3 is 11.7 Å². The highest BCUT2D eigenvalue weighted by Gasteiger charge is 2.26. The fraction of sp³-hybridized carbons (Fsp3) is 0.300. The molecule has 1 saturated heterocycles. The van der Waals surface area contributed by atoms with E-state index in [1.165, 1.54) is 3.57 Å². The van der Waals surface area contributed by atoms with E-state index in [4.69, 9.17) is 0 Å². The Hall–Kier alpha value is -1.81. The van der Waals surface area contributed by atoms with Gasteiger partial charge < -0.3 is 15.2 Å². The van der Waals surface area contributed by atoms with E-state index in [9.17, 15) is 9.59 Å². The number of aromatic amines is 1. The van der Waals surface area contributed by atoms with Crippen molar-refractivity contribution < 1.29 is 4.79 Å². The Morgan fingerprint density at radius 2 is 2.00 bits per heavy atom. The third kappa shape index (κ3) is 3.71. The molecule has 2 amide bonds. The number of hydrogen-bond acceptors (Lipinski definition) is 2. The fourth-order valence-electron chi connectivity index (χ4n) is 3.73. The highest BCUT2D eigenvalue weighted by molar-refractivity contribution is 14.1. The van der Waals surface area contributed by atoms with Crippen molar-refractivity contribution in [3.05, 3.63) is 60.5 Å². The van der Waals surface area contributed by atoms with E-state index in [1.807, 2.05) is 52.8 Å². The van der Waals surface area contributed by atoms with Gasteiger partial charge in [0.15, 0.2) is 0 Å². The van der Waals surface area contributed by atoms with Crippen LogP contribution in [0.25, 0.3) is 11.0 Å². The first-order valence-electron chi connectivity index (χ1n) is 9.15. The second kappa shape index (κ2) is 7.90. The molecule has 1 aromatic heterocycles. The molecule has 1 fully saturated rings. The molecule has 0 bridgehead atoms. The second-order valence-corrected chi connectivity index (χ2v) is 9.06. The Morgan fingerprint density at radius 3 is 2.71 bits per heavy atom. The summed E-state index contributed by atoms with van der Waals surface area (Å²) >= 11 is 5.77. The molecular formula is C20H20BrIN4O2. The molecule has 8 heteroatoms. The van der Waals surface area contributed by atoms with Crippen molar-refractivity contribution in [2.75, 3.05) is 18.4 Å². The first-order valence-corrected chi connectivity index (χ1v) is 11.0. The smallest absolute Gasteiger partial charge is 0.324 e. The number of hydrogen-bond donors (Lipinski definition) is 2. The number of benzene rings is 2. The maximum absolute atomic E-state index is 12.6. The zero-order valence-electron chi connectivity index (χ0n) is 15.3. The lowest BCUT2D eigenvalue weighted by Gasteiger charge is -2.32. The number of nitrogens with zero attached hydrogens (tertiary/aromatic N) is 2. The maximum Gasteiger partial charge on any atom is 0.326 e. The molecule has 0 unspecified atom stereocenters. The molecule has 28 heavy (non-hydrogen) atoms. The van der Waals surface area contributed by atoms with Gasteiger partial charge in [-0.05, 0) is 94.2 Å². The van der Waals surface area contributed by atoms with Gasteiger partial charge in [-0.15, -0.1) is 0 Å². The number of carbonyl (C=O) groups is 1. The number of nitrogens with one attached hydrogen (secondary N) is 2. The molecule has 1 aliphatic rings. The monoisotopic (exact) mass is 554 g/mol. The van der Waals surface area contributed by atoms with Crippen LogP contribution in [0, 0.1) is 10.5 Å². The van der Waals surface area contributed by atoms with E-state index in [-0.39, 0.29) is 17.8 Å². The number of urea groups is 1. The predicted octanol–water partition coefficient (Wildman–Crippen LogP) is 4.87. The minimum atomic E-state index is -0.0980. The average Bonchev–Trinajstić information content (AvgIpc) is 3.02. The summed E-state index contributed by atoms with van der Waals surface area (Å²) in [5, 5.41) is 2.98. The van der Waals surface area contributed by atoms with Crippen LogP contribution in [-0.4, -0.2) is 33.6 Å². The van der Waals surface area contributed by atoms with Gasteiger partial charge in [0.2, 0.25) is 0 Å². The standard InChI is InChI=1S/C20H20BrIN4O2/c1-12-11-13(5-6-16(12)22)23-19(27)25-9-7-14(8-10-25)26-17-4-2-3-15(21)18(17)24-20(26)28/h2-6,11,14H,7-10H2,1H3,(H,23,27)(H,24,28). The van der Waals surface area contributed by atoms with Gasteiger partial charge in [0.25, 0.3) is 0 Å². The van der Waals surface area contributed by atoms with Gasteiger partial charge in [-0.1, -0.05) is 6.07 Å².